The molecule has 176 valence electrons. The van der Waals surface area contributed by atoms with E-state index in [4.69, 9.17) is 8.94 Å². The minimum absolute atomic E-state index is 0.129. The van der Waals surface area contributed by atoms with Crippen LogP contribution in [0.1, 0.15) is 66.4 Å². The van der Waals surface area contributed by atoms with Crippen molar-refractivity contribution in [1.82, 2.24) is 19.4 Å². The molecule has 1 saturated heterocycles. The fourth-order valence-corrected chi connectivity index (χ4v) is 5.43. The molecule has 1 aliphatic heterocycles. The number of benzene rings is 1. The molecule has 0 bridgehead atoms. The average molecular weight is 482 g/mol. The third-order valence-corrected chi connectivity index (χ3v) is 7.81. The Hall–Kier alpha value is -2.73. The molecule has 0 N–H and O–H groups in total. The molecule has 2 aromatic heterocycles. The van der Waals surface area contributed by atoms with E-state index in [0.717, 1.165) is 30.9 Å². The second-order valence-corrected chi connectivity index (χ2v) is 10.3. The second kappa shape index (κ2) is 8.24. The van der Waals surface area contributed by atoms with Gasteiger partial charge in [0.25, 0.3) is 0 Å². The van der Waals surface area contributed by atoms with E-state index in [1.54, 1.807) is 6.20 Å². The van der Waals surface area contributed by atoms with Crippen LogP contribution in [-0.4, -0.2) is 40.9 Å². The molecule has 1 aliphatic carbocycles. The Morgan fingerprint density at radius 3 is 2.48 bits per heavy atom. The summed E-state index contributed by atoms with van der Waals surface area (Å²) in [4.78, 5) is 8.33. The summed E-state index contributed by atoms with van der Waals surface area (Å²) in [6.07, 6.45) is 0.442. The Bertz CT molecular complexity index is 1240. The van der Waals surface area contributed by atoms with Crippen LogP contribution in [0.3, 0.4) is 0 Å². The van der Waals surface area contributed by atoms with Crippen LogP contribution < -0.4 is 0 Å². The number of aromatic nitrogens is 3. The number of sulfonamides is 1. The van der Waals surface area contributed by atoms with Crippen LogP contribution in [0.25, 0.3) is 0 Å². The lowest BCUT2D eigenvalue weighted by molar-refractivity contribution is -0.137. The van der Waals surface area contributed by atoms with Gasteiger partial charge in [-0.1, -0.05) is 11.2 Å². The topological polar surface area (TPSA) is 102 Å². The fraction of sp³-hybridized carbons (Fsp3) is 0.476. The van der Waals surface area contributed by atoms with Crippen LogP contribution in [0.4, 0.5) is 13.2 Å². The number of oxazole rings is 1. The van der Waals surface area contributed by atoms with Gasteiger partial charge in [0.2, 0.25) is 15.9 Å². The Morgan fingerprint density at radius 1 is 1.06 bits per heavy atom. The van der Waals surface area contributed by atoms with Gasteiger partial charge in [-0.15, -0.1) is 0 Å². The summed E-state index contributed by atoms with van der Waals surface area (Å²) in [7, 11) is -4.04. The van der Waals surface area contributed by atoms with Gasteiger partial charge in [-0.05, 0) is 43.9 Å². The zero-order valence-electron chi connectivity index (χ0n) is 17.5. The number of hydrogen-bond acceptors (Lipinski definition) is 7. The molecule has 3 aromatic rings. The first-order valence-electron chi connectivity index (χ1n) is 10.6. The highest BCUT2D eigenvalue weighted by atomic mass is 32.2. The van der Waals surface area contributed by atoms with E-state index in [1.807, 2.05) is 0 Å². The first kappa shape index (κ1) is 22.1. The number of hydrogen-bond donors (Lipinski definition) is 0. The van der Waals surface area contributed by atoms with Gasteiger partial charge in [0, 0.05) is 24.9 Å². The highest BCUT2D eigenvalue weighted by Crippen LogP contribution is 2.39. The smallest absolute Gasteiger partial charge is 0.416 e. The SMILES string of the molecule is O=S(=O)(c1cccc(C(F)(F)F)c1)N1CCC(c2nc(Cc3cnc(C4CC4)o3)no2)CC1. The summed E-state index contributed by atoms with van der Waals surface area (Å²) < 4.78 is 76.9. The van der Waals surface area contributed by atoms with Gasteiger partial charge >= 0.3 is 6.18 Å². The van der Waals surface area contributed by atoms with Crippen molar-refractivity contribution in [2.75, 3.05) is 13.1 Å². The molecule has 0 spiro atoms. The van der Waals surface area contributed by atoms with E-state index < -0.39 is 21.8 Å². The third-order valence-electron chi connectivity index (χ3n) is 5.92. The van der Waals surface area contributed by atoms with Crippen LogP contribution in [0, 0.1) is 0 Å². The van der Waals surface area contributed by atoms with Crippen molar-refractivity contribution in [2.45, 2.75) is 55.0 Å². The van der Waals surface area contributed by atoms with Crippen LogP contribution in [0.15, 0.2) is 44.3 Å². The normalized spacial score (nSPS) is 18.6. The van der Waals surface area contributed by atoms with Crippen molar-refractivity contribution in [3.63, 3.8) is 0 Å². The van der Waals surface area contributed by atoms with Gasteiger partial charge < -0.3 is 8.94 Å². The second-order valence-electron chi connectivity index (χ2n) is 8.37. The van der Waals surface area contributed by atoms with Gasteiger partial charge in [-0.25, -0.2) is 13.4 Å². The molecule has 3 heterocycles. The minimum atomic E-state index is -4.61. The van der Waals surface area contributed by atoms with Crippen LogP contribution in [-0.2, 0) is 22.6 Å². The maximum absolute atomic E-state index is 13.0. The molecule has 2 aliphatic rings. The molecular weight excluding hydrogens is 461 g/mol. The van der Waals surface area contributed by atoms with Gasteiger partial charge in [0.1, 0.15) is 5.76 Å². The molecule has 2 fully saturated rings. The quantitative estimate of drug-likeness (QED) is 0.521. The van der Waals surface area contributed by atoms with Crippen molar-refractivity contribution >= 4 is 10.0 Å². The largest absolute Gasteiger partial charge is 0.445 e. The monoisotopic (exact) mass is 482 g/mol. The zero-order chi connectivity index (χ0) is 23.2. The third kappa shape index (κ3) is 4.67. The van der Waals surface area contributed by atoms with E-state index in [9.17, 15) is 21.6 Å². The summed E-state index contributed by atoms with van der Waals surface area (Å²) in [5, 5.41) is 3.99. The number of alkyl halides is 3. The van der Waals surface area contributed by atoms with Crippen molar-refractivity contribution in [3.05, 3.63) is 59.4 Å². The van der Waals surface area contributed by atoms with Crippen molar-refractivity contribution in [2.24, 2.45) is 0 Å². The van der Waals surface area contributed by atoms with E-state index in [2.05, 4.69) is 15.1 Å². The van der Waals surface area contributed by atoms with Gasteiger partial charge in [0.05, 0.1) is 23.1 Å². The van der Waals surface area contributed by atoms with E-state index >= 15 is 0 Å². The predicted molar refractivity (Wildman–Crippen MR) is 108 cm³/mol. The standard InChI is InChI=1S/C21H21F3N4O4S/c22-21(23,24)15-2-1-3-17(10-15)33(29,30)28-8-6-14(7-9-28)20-26-18(27-32-20)11-16-12-25-19(31-16)13-4-5-13/h1-3,10,12-14H,4-9,11H2. The van der Waals surface area contributed by atoms with Crippen LogP contribution in [0.5, 0.6) is 0 Å². The molecule has 0 amide bonds. The molecule has 8 nitrogen and oxygen atoms in total. The summed E-state index contributed by atoms with van der Waals surface area (Å²) in [5.41, 5.74) is -0.993. The number of rotatable bonds is 6. The number of halogens is 3. The molecule has 5 rings (SSSR count). The predicted octanol–water partition coefficient (Wildman–Crippen LogP) is 4.11. The maximum Gasteiger partial charge on any atom is 0.416 e. The minimum Gasteiger partial charge on any atom is -0.445 e. The van der Waals surface area contributed by atoms with E-state index in [-0.39, 0.29) is 23.9 Å². The van der Waals surface area contributed by atoms with Gasteiger partial charge in [-0.3, -0.25) is 0 Å². The number of nitrogens with zero attached hydrogens (tertiary/aromatic N) is 4. The fourth-order valence-electron chi connectivity index (χ4n) is 3.91. The molecule has 33 heavy (non-hydrogen) atoms. The van der Waals surface area contributed by atoms with Gasteiger partial charge in [-0.2, -0.15) is 22.5 Å². The Kier molecular flexibility index (Phi) is 5.52. The van der Waals surface area contributed by atoms with Crippen molar-refractivity contribution < 1.29 is 30.5 Å². The summed E-state index contributed by atoms with van der Waals surface area (Å²) in [5.74, 6) is 2.56. The summed E-state index contributed by atoms with van der Waals surface area (Å²) in [6.45, 7) is 0.293. The van der Waals surface area contributed by atoms with Crippen molar-refractivity contribution in [3.8, 4) is 0 Å². The molecule has 1 aromatic carbocycles. The van der Waals surface area contributed by atoms with Crippen molar-refractivity contribution in [1.29, 1.82) is 0 Å². The van der Waals surface area contributed by atoms with Gasteiger partial charge in [0.15, 0.2) is 11.7 Å². The summed E-state index contributed by atoms with van der Waals surface area (Å²) in [6, 6.07) is 3.80. The Labute approximate surface area is 187 Å². The molecule has 0 atom stereocenters. The van der Waals surface area contributed by atoms with E-state index in [0.29, 0.717) is 48.7 Å². The summed E-state index contributed by atoms with van der Waals surface area (Å²) >= 11 is 0. The molecule has 0 radical (unpaired) electrons. The lowest BCUT2D eigenvalue weighted by Gasteiger charge is -2.29. The molecular formula is C21H21F3N4O4S. The molecule has 12 heteroatoms. The Balaban J connectivity index is 1.22. The first-order chi connectivity index (χ1) is 15.7. The van der Waals surface area contributed by atoms with Crippen LogP contribution >= 0.6 is 0 Å². The first-order valence-corrected chi connectivity index (χ1v) is 12.1. The van der Waals surface area contributed by atoms with E-state index in [1.165, 1.54) is 10.4 Å². The number of piperidine rings is 1. The Morgan fingerprint density at radius 2 is 1.79 bits per heavy atom. The molecule has 1 saturated carbocycles. The highest BCUT2D eigenvalue weighted by Gasteiger charge is 2.35. The lowest BCUT2D eigenvalue weighted by Crippen LogP contribution is -2.38. The zero-order valence-corrected chi connectivity index (χ0v) is 18.3. The average Bonchev–Trinajstić information content (AvgIpc) is 3.36. The highest BCUT2D eigenvalue weighted by molar-refractivity contribution is 7.89. The lowest BCUT2D eigenvalue weighted by atomic mass is 9.98. The maximum atomic E-state index is 13.0. The van der Waals surface area contributed by atoms with Crippen LogP contribution in [0.2, 0.25) is 0 Å². The molecule has 0 unspecified atom stereocenters.